The highest BCUT2D eigenvalue weighted by atomic mass is 16.6. The summed E-state index contributed by atoms with van der Waals surface area (Å²) in [5.74, 6) is 0. The van der Waals surface area contributed by atoms with Gasteiger partial charge in [0.15, 0.2) is 5.34 Å². The van der Waals surface area contributed by atoms with Gasteiger partial charge in [0.05, 0.1) is 0 Å². The minimum atomic E-state index is 0.844. The number of nitrogens with zero attached hydrogens (tertiary/aromatic N) is 1. The lowest BCUT2D eigenvalue weighted by atomic mass is 10.3. The Balaban J connectivity index is 0. The number of nitrogens with two attached hydrogens (primary N) is 1. The van der Waals surface area contributed by atoms with Crippen molar-refractivity contribution >= 4 is 0 Å². The minimum absolute atomic E-state index is 0.844. The lowest BCUT2D eigenvalue weighted by molar-refractivity contribution is 0.312. The average molecular weight is 120 g/mol. The molecule has 50 valence electrons. The summed E-state index contributed by atoms with van der Waals surface area (Å²) in [5, 5.41) is 7.89. The quantitative estimate of drug-likeness (QED) is 0.419. The molecular formula is C4H12N2O2. The van der Waals surface area contributed by atoms with Crippen molar-refractivity contribution in [3.8, 4) is 0 Å². The van der Waals surface area contributed by atoms with Gasteiger partial charge in [0.1, 0.15) is 0 Å². The summed E-state index contributed by atoms with van der Waals surface area (Å²) >= 11 is 0. The van der Waals surface area contributed by atoms with E-state index in [9.17, 15) is 0 Å². The molecule has 0 aliphatic rings. The predicted molar refractivity (Wildman–Crippen MR) is 31.5 cm³/mol. The summed E-state index contributed by atoms with van der Waals surface area (Å²) in [5.41, 5.74) is 5.14. The summed E-state index contributed by atoms with van der Waals surface area (Å²) in [6.07, 6.45) is 2.39. The van der Waals surface area contributed by atoms with Crippen LogP contribution in [-0.4, -0.2) is 11.8 Å². The van der Waals surface area contributed by atoms with E-state index in [4.69, 9.17) is 15.8 Å². The van der Waals surface area contributed by atoms with Crippen molar-refractivity contribution in [3.63, 3.8) is 0 Å². The molecule has 0 aromatic heterocycles. The monoisotopic (exact) mass is 120 g/mol. The lowest BCUT2D eigenvalue weighted by Crippen LogP contribution is -1.95. The van der Waals surface area contributed by atoms with E-state index in [1.54, 1.807) is 0 Å². The molecule has 0 atom stereocenters. The second-order valence-corrected chi connectivity index (χ2v) is 1.22. The molecule has 0 aromatic carbocycles. The molecule has 4 heteroatoms. The van der Waals surface area contributed by atoms with Gasteiger partial charge in [0, 0.05) is 0 Å². The molecule has 8 heavy (non-hydrogen) atoms. The number of hydrogen-bond donors (Lipinski definition) is 2. The van der Waals surface area contributed by atoms with E-state index in [1.165, 1.54) is 18.2 Å². The SMILES string of the molecule is CCCCN.O=NO. The molecule has 0 spiro atoms. The smallest absolute Gasteiger partial charge is 0.152 e. The summed E-state index contributed by atoms with van der Waals surface area (Å²) in [6, 6.07) is 0. The standard InChI is InChI=1S/C4H11N.HNO2/c1-2-3-4-5;2-1-3/h2-5H2,1H3;(H,2,3). The first-order valence-corrected chi connectivity index (χ1v) is 2.50. The van der Waals surface area contributed by atoms with Gasteiger partial charge in [0.25, 0.3) is 0 Å². The van der Waals surface area contributed by atoms with Gasteiger partial charge in [-0.15, -0.1) is 4.91 Å². The van der Waals surface area contributed by atoms with E-state index in [-0.39, 0.29) is 0 Å². The highest BCUT2D eigenvalue weighted by Gasteiger charge is 1.67. The highest BCUT2D eigenvalue weighted by molar-refractivity contribution is 4.29. The van der Waals surface area contributed by atoms with Gasteiger partial charge in [-0.2, -0.15) is 0 Å². The van der Waals surface area contributed by atoms with Crippen LogP contribution in [0, 0.1) is 4.91 Å². The Hall–Kier alpha value is -0.640. The first-order valence-electron chi connectivity index (χ1n) is 2.50. The molecule has 0 unspecified atom stereocenters. The topological polar surface area (TPSA) is 75.7 Å². The fraction of sp³-hybridized carbons (Fsp3) is 1.00. The molecule has 0 heterocycles. The first-order chi connectivity index (χ1) is 3.83. The van der Waals surface area contributed by atoms with Gasteiger partial charge in [-0.25, -0.2) is 0 Å². The maximum atomic E-state index is 8.11. The summed E-state index contributed by atoms with van der Waals surface area (Å²) in [6.45, 7) is 2.98. The van der Waals surface area contributed by atoms with Gasteiger partial charge < -0.3 is 10.9 Å². The van der Waals surface area contributed by atoms with Crippen LogP contribution in [0.1, 0.15) is 19.8 Å². The fourth-order valence-corrected chi connectivity index (χ4v) is 0.204. The van der Waals surface area contributed by atoms with Crippen LogP contribution in [0.15, 0.2) is 5.34 Å². The molecule has 0 bridgehead atoms. The third-order valence-electron chi connectivity index (χ3n) is 0.558. The van der Waals surface area contributed by atoms with Gasteiger partial charge in [-0.1, -0.05) is 13.3 Å². The van der Waals surface area contributed by atoms with Gasteiger partial charge in [-0.3, -0.25) is 0 Å². The van der Waals surface area contributed by atoms with Crippen LogP contribution in [-0.2, 0) is 0 Å². The maximum Gasteiger partial charge on any atom is 0.152 e. The third kappa shape index (κ3) is 55.1. The van der Waals surface area contributed by atoms with Crippen LogP contribution in [0.3, 0.4) is 0 Å². The zero-order valence-corrected chi connectivity index (χ0v) is 5.00. The Morgan fingerprint density at radius 1 is 1.75 bits per heavy atom. The predicted octanol–water partition coefficient (Wildman–Crippen LogP) is 0.887. The number of hydrogen-bond acceptors (Lipinski definition) is 3. The van der Waals surface area contributed by atoms with Gasteiger partial charge in [-0.05, 0) is 13.0 Å². The fourth-order valence-electron chi connectivity index (χ4n) is 0.204. The van der Waals surface area contributed by atoms with Crippen LogP contribution >= 0.6 is 0 Å². The van der Waals surface area contributed by atoms with Crippen LogP contribution < -0.4 is 5.73 Å². The van der Waals surface area contributed by atoms with Crippen molar-refractivity contribution < 1.29 is 5.21 Å². The molecule has 0 aromatic rings. The second-order valence-electron chi connectivity index (χ2n) is 1.22. The zero-order chi connectivity index (χ0) is 6.83. The summed E-state index contributed by atoms with van der Waals surface area (Å²) < 4.78 is 0. The molecular weight excluding hydrogens is 108 g/mol. The Bertz CT molecular complexity index is 39.0. The Kier molecular flexibility index (Phi) is 21.0. The van der Waals surface area contributed by atoms with Crippen LogP contribution in [0.2, 0.25) is 0 Å². The van der Waals surface area contributed by atoms with Crippen LogP contribution in [0.4, 0.5) is 0 Å². The Labute approximate surface area is 48.6 Å². The summed E-state index contributed by atoms with van der Waals surface area (Å²) in [7, 11) is 0. The van der Waals surface area contributed by atoms with Gasteiger partial charge in [0.2, 0.25) is 0 Å². The molecule has 0 aliphatic heterocycles. The molecule has 0 saturated carbocycles. The van der Waals surface area contributed by atoms with Crippen molar-refractivity contribution in [2.24, 2.45) is 11.1 Å². The number of unbranched alkanes of at least 4 members (excludes halogenated alkanes) is 1. The molecule has 0 saturated heterocycles. The maximum absolute atomic E-state index is 8.11. The van der Waals surface area contributed by atoms with E-state index in [1.807, 2.05) is 0 Å². The third-order valence-corrected chi connectivity index (χ3v) is 0.558. The highest BCUT2D eigenvalue weighted by Crippen LogP contribution is 1.77. The van der Waals surface area contributed by atoms with E-state index in [0.29, 0.717) is 0 Å². The first kappa shape index (κ1) is 10.4. The average Bonchev–Trinajstić information content (AvgIpc) is 1.71. The van der Waals surface area contributed by atoms with Crippen molar-refractivity contribution in [1.82, 2.24) is 0 Å². The van der Waals surface area contributed by atoms with Gasteiger partial charge >= 0.3 is 0 Å². The zero-order valence-electron chi connectivity index (χ0n) is 5.00. The lowest BCUT2D eigenvalue weighted by Gasteiger charge is -1.80. The molecule has 0 rings (SSSR count). The van der Waals surface area contributed by atoms with Crippen molar-refractivity contribution in [3.05, 3.63) is 4.91 Å². The molecule has 3 N–H and O–H groups in total. The largest absolute Gasteiger partial charge is 0.379 e. The Morgan fingerprint density at radius 3 is 2.12 bits per heavy atom. The Morgan fingerprint density at radius 2 is 2.12 bits per heavy atom. The number of rotatable bonds is 2. The molecule has 0 amide bonds. The van der Waals surface area contributed by atoms with E-state index >= 15 is 0 Å². The van der Waals surface area contributed by atoms with Crippen molar-refractivity contribution in [2.75, 3.05) is 6.54 Å². The molecule has 4 nitrogen and oxygen atoms in total. The van der Waals surface area contributed by atoms with Crippen molar-refractivity contribution in [2.45, 2.75) is 19.8 Å². The minimum Gasteiger partial charge on any atom is -0.379 e. The van der Waals surface area contributed by atoms with Crippen LogP contribution in [0.25, 0.3) is 0 Å². The molecule has 0 fully saturated rings. The van der Waals surface area contributed by atoms with Crippen molar-refractivity contribution in [1.29, 1.82) is 0 Å². The normalized spacial score (nSPS) is 6.75. The molecule has 0 aliphatic carbocycles. The molecule has 0 radical (unpaired) electrons. The second kappa shape index (κ2) is 16.2. The van der Waals surface area contributed by atoms with E-state index in [2.05, 4.69) is 6.92 Å². The van der Waals surface area contributed by atoms with Crippen LogP contribution in [0.5, 0.6) is 0 Å². The van der Waals surface area contributed by atoms with E-state index in [0.717, 1.165) is 6.54 Å². The summed E-state index contributed by atoms with van der Waals surface area (Å²) in [4.78, 5) is 8.11. The van der Waals surface area contributed by atoms with E-state index < -0.39 is 0 Å².